The molecule has 0 spiro atoms. The van der Waals surface area contributed by atoms with Crippen LogP contribution in [0.25, 0.3) is 6.08 Å². The lowest BCUT2D eigenvalue weighted by atomic mass is 10.1. The Morgan fingerprint density at radius 1 is 0.936 bits per heavy atom. The largest absolute Gasteiger partial charge is 0.416 e. The first-order valence-electron chi connectivity index (χ1n) is 13.9. The number of hydrogen-bond donors (Lipinski definition) is 3. The zero-order valence-electron chi connectivity index (χ0n) is 24.5. The van der Waals surface area contributed by atoms with Crippen molar-refractivity contribution in [3.63, 3.8) is 0 Å². The van der Waals surface area contributed by atoms with Crippen molar-refractivity contribution in [2.75, 3.05) is 10.6 Å². The highest BCUT2D eigenvalue weighted by Gasteiger charge is 2.31. The highest BCUT2D eigenvalue weighted by atomic mass is 35.5. The molecule has 4 rings (SSSR count). The fraction of sp³-hybridized carbons (Fsp3) is 0.121. The van der Waals surface area contributed by atoms with Gasteiger partial charge in [0.05, 0.1) is 26.4 Å². The molecule has 0 saturated heterocycles. The van der Waals surface area contributed by atoms with Crippen molar-refractivity contribution >= 4 is 64.2 Å². The van der Waals surface area contributed by atoms with E-state index in [2.05, 4.69) is 16.0 Å². The van der Waals surface area contributed by atoms with Crippen molar-refractivity contribution < 1.29 is 32.5 Å². The van der Waals surface area contributed by atoms with Crippen LogP contribution in [0.2, 0.25) is 5.02 Å². The lowest BCUT2D eigenvalue weighted by Crippen LogP contribution is -2.30. The van der Waals surface area contributed by atoms with Gasteiger partial charge in [0.2, 0.25) is 5.91 Å². The van der Waals surface area contributed by atoms with Crippen LogP contribution in [0.3, 0.4) is 0 Å². The third-order valence-corrected chi connectivity index (χ3v) is 8.22. The number of rotatable bonds is 11. The molecule has 47 heavy (non-hydrogen) atoms. The van der Waals surface area contributed by atoms with E-state index in [0.29, 0.717) is 28.1 Å². The summed E-state index contributed by atoms with van der Waals surface area (Å²) in [4.78, 5) is 50.4. The van der Waals surface area contributed by atoms with Gasteiger partial charge in [-0.2, -0.15) is 13.2 Å². The molecule has 0 aliphatic heterocycles. The highest BCUT2D eigenvalue weighted by Crippen LogP contribution is 2.35. The molecule has 0 aromatic heterocycles. The monoisotopic (exact) mass is 682 g/mol. The van der Waals surface area contributed by atoms with Crippen LogP contribution in [0.5, 0.6) is 0 Å². The molecule has 3 amide bonds. The summed E-state index contributed by atoms with van der Waals surface area (Å²) in [5.41, 5.74) is -0.388. The van der Waals surface area contributed by atoms with Gasteiger partial charge in [-0.05, 0) is 78.7 Å². The molecule has 242 valence electrons. The van der Waals surface area contributed by atoms with Crippen molar-refractivity contribution in [3.05, 3.63) is 135 Å². The summed E-state index contributed by atoms with van der Waals surface area (Å²) in [6.45, 7) is 1.74. The molecule has 0 saturated carbocycles. The molecule has 0 fully saturated rings. The van der Waals surface area contributed by atoms with E-state index in [1.54, 1.807) is 61.5 Å². The maximum Gasteiger partial charge on any atom is 0.416 e. The maximum absolute atomic E-state index is 13.4. The number of nitrogens with one attached hydrogen (secondary N) is 3. The van der Waals surface area contributed by atoms with E-state index in [-0.39, 0.29) is 22.1 Å². The molecular weight excluding hydrogens is 657 g/mol. The van der Waals surface area contributed by atoms with E-state index >= 15 is 0 Å². The predicted octanol–water partition coefficient (Wildman–Crippen LogP) is 8.19. The maximum atomic E-state index is 13.4. The number of hydrogen-bond acceptors (Lipinski definition) is 6. The number of alkyl halides is 3. The molecule has 4 aromatic rings. The quantitative estimate of drug-likeness (QED) is 0.0633. The minimum Gasteiger partial charge on any atom is -0.324 e. The Morgan fingerprint density at radius 2 is 1.64 bits per heavy atom. The van der Waals surface area contributed by atoms with E-state index in [0.717, 1.165) is 30.0 Å². The molecule has 0 radical (unpaired) electrons. The first-order chi connectivity index (χ1) is 22.3. The number of nitro benzene ring substituents is 1. The molecule has 1 atom stereocenters. The fourth-order valence-electron chi connectivity index (χ4n) is 4.14. The van der Waals surface area contributed by atoms with Gasteiger partial charge in [0, 0.05) is 28.3 Å². The summed E-state index contributed by atoms with van der Waals surface area (Å²) >= 11 is 7.17. The lowest BCUT2D eigenvalue weighted by molar-refractivity contribution is -0.384. The Kier molecular flexibility index (Phi) is 11.4. The molecule has 14 heteroatoms. The van der Waals surface area contributed by atoms with E-state index in [4.69, 9.17) is 11.6 Å². The zero-order valence-corrected chi connectivity index (χ0v) is 26.1. The number of thioether (sulfide) groups is 1. The molecule has 0 aliphatic rings. The number of halogens is 4. The number of anilines is 2. The van der Waals surface area contributed by atoms with Gasteiger partial charge in [0.15, 0.2) is 0 Å². The Hall–Kier alpha value is -5.14. The predicted molar refractivity (Wildman–Crippen MR) is 175 cm³/mol. The third kappa shape index (κ3) is 9.67. The minimum atomic E-state index is -4.62. The Labute approximate surface area is 276 Å². The second-order valence-corrected chi connectivity index (χ2v) is 11.6. The van der Waals surface area contributed by atoms with Crippen LogP contribution in [0, 0.1) is 10.1 Å². The van der Waals surface area contributed by atoms with Crippen molar-refractivity contribution in [1.82, 2.24) is 5.32 Å². The summed E-state index contributed by atoms with van der Waals surface area (Å²) in [6, 6.07) is 22.8. The third-order valence-electron chi connectivity index (χ3n) is 6.53. The Morgan fingerprint density at radius 3 is 2.28 bits per heavy atom. The number of amides is 3. The average Bonchev–Trinajstić information content (AvgIpc) is 3.04. The Bertz CT molecular complexity index is 1820. The van der Waals surface area contributed by atoms with E-state index < -0.39 is 39.6 Å². The highest BCUT2D eigenvalue weighted by molar-refractivity contribution is 8.00. The molecule has 4 aromatic carbocycles. The molecule has 3 N–H and O–H groups in total. The minimum absolute atomic E-state index is 0.0483. The second kappa shape index (κ2) is 15.4. The number of nitrogens with zero attached hydrogens (tertiary/aromatic N) is 1. The van der Waals surface area contributed by atoms with Crippen molar-refractivity contribution in [1.29, 1.82) is 0 Å². The van der Waals surface area contributed by atoms with Gasteiger partial charge in [-0.1, -0.05) is 42.8 Å². The van der Waals surface area contributed by atoms with Crippen LogP contribution < -0.4 is 16.0 Å². The normalized spacial score (nSPS) is 12.1. The number of carbonyl (C=O) groups is 3. The van der Waals surface area contributed by atoms with Crippen LogP contribution in [0.1, 0.15) is 34.8 Å². The van der Waals surface area contributed by atoms with Gasteiger partial charge in [0.1, 0.15) is 5.70 Å². The van der Waals surface area contributed by atoms with E-state index in [9.17, 15) is 37.7 Å². The van der Waals surface area contributed by atoms with Crippen molar-refractivity contribution in [2.24, 2.45) is 0 Å². The molecular formula is C33H26ClF3N4O5S. The standard InChI is InChI=1S/C33H26ClF3N4O5S/c1-2-29(32(44)39-27-18-22(33(35,36)37)13-16-26(27)34)47-25-10-6-9-23(19-25)38-31(43)28(40-30(42)21-7-4-3-5-8-21)17-20-11-14-24(15-12-20)41(45)46/h3-19,29H,2H2,1H3,(H,38,43)(H,39,44)(H,40,42)/b28-17+. The van der Waals surface area contributed by atoms with Gasteiger partial charge in [-0.3, -0.25) is 24.5 Å². The molecule has 0 aliphatic carbocycles. The van der Waals surface area contributed by atoms with Crippen LogP contribution in [0.4, 0.5) is 30.2 Å². The van der Waals surface area contributed by atoms with Gasteiger partial charge in [0.25, 0.3) is 17.5 Å². The van der Waals surface area contributed by atoms with Crippen molar-refractivity contribution in [2.45, 2.75) is 29.7 Å². The first-order valence-corrected chi connectivity index (χ1v) is 15.2. The first kappa shape index (κ1) is 34.7. The number of nitro groups is 1. The molecule has 0 bridgehead atoms. The fourth-order valence-corrected chi connectivity index (χ4v) is 5.32. The number of benzene rings is 4. The smallest absolute Gasteiger partial charge is 0.324 e. The molecule has 0 heterocycles. The van der Waals surface area contributed by atoms with Gasteiger partial charge >= 0.3 is 6.18 Å². The average molecular weight is 683 g/mol. The Balaban J connectivity index is 1.52. The van der Waals surface area contributed by atoms with E-state index in [1.165, 1.54) is 30.3 Å². The summed E-state index contributed by atoms with van der Waals surface area (Å²) < 4.78 is 39.5. The van der Waals surface area contributed by atoms with Gasteiger partial charge in [-0.25, -0.2) is 0 Å². The van der Waals surface area contributed by atoms with Crippen LogP contribution in [0.15, 0.2) is 108 Å². The van der Waals surface area contributed by atoms with Crippen LogP contribution >= 0.6 is 23.4 Å². The van der Waals surface area contributed by atoms with Crippen LogP contribution in [-0.2, 0) is 15.8 Å². The molecule has 1 unspecified atom stereocenters. The van der Waals surface area contributed by atoms with Crippen molar-refractivity contribution in [3.8, 4) is 0 Å². The molecule has 9 nitrogen and oxygen atoms in total. The second-order valence-electron chi connectivity index (χ2n) is 9.91. The topological polar surface area (TPSA) is 130 Å². The summed E-state index contributed by atoms with van der Waals surface area (Å²) in [5.74, 6) is -1.82. The number of carbonyl (C=O) groups excluding carboxylic acids is 3. The summed E-state index contributed by atoms with van der Waals surface area (Å²) in [6.07, 6.45) is -2.93. The van der Waals surface area contributed by atoms with Crippen LogP contribution in [-0.4, -0.2) is 27.9 Å². The lowest BCUT2D eigenvalue weighted by Gasteiger charge is -2.17. The SMILES string of the molecule is CCC(Sc1cccc(NC(=O)/C(=C\c2ccc([N+](=O)[O-])cc2)NC(=O)c2ccccc2)c1)C(=O)Nc1cc(C(F)(F)F)ccc1Cl. The number of non-ortho nitro benzene ring substituents is 1. The van der Waals surface area contributed by atoms with E-state index in [1.807, 2.05) is 0 Å². The van der Waals surface area contributed by atoms with Gasteiger partial charge in [-0.15, -0.1) is 11.8 Å². The zero-order chi connectivity index (χ0) is 34.1. The summed E-state index contributed by atoms with van der Waals surface area (Å²) in [5, 5.41) is 18.0. The van der Waals surface area contributed by atoms with Gasteiger partial charge < -0.3 is 16.0 Å². The summed E-state index contributed by atoms with van der Waals surface area (Å²) in [7, 11) is 0.